The molecule has 0 spiro atoms. The summed E-state index contributed by atoms with van der Waals surface area (Å²) in [5.74, 6) is -1.80. The predicted octanol–water partition coefficient (Wildman–Crippen LogP) is 0.508. The lowest BCUT2D eigenvalue weighted by Gasteiger charge is -2.26. The average molecular weight is 355 g/mol. The van der Waals surface area contributed by atoms with Crippen molar-refractivity contribution in [3.63, 3.8) is 0 Å². The molecule has 0 aliphatic carbocycles. The molecule has 10 heteroatoms. The van der Waals surface area contributed by atoms with Crippen molar-refractivity contribution in [1.82, 2.24) is 15.1 Å². The number of hydrogen-bond donors (Lipinski definition) is 0. The number of ether oxygens (including phenoxy) is 1. The van der Waals surface area contributed by atoms with Gasteiger partial charge in [0.05, 0.1) is 13.2 Å². The Morgan fingerprint density at radius 3 is 2.50 bits per heavy atom. The van der Waals surface area contributed by atoms with Crippen LogP contribution >= 0.6 is 0 Å². The van der Waals surface area contributed by atoms with Gasteiger partial charge in [0.15, 0.2) is 0 Å². The van der Waals surface area contributed by atoms with Crippen LogP contribution in [0.3, 0.4) is 0 Å². The van der Waals surface area contributed by atoms with Gasteiger partial charge in [-0.05, 0) is 24.3 Å². The van der Waals surface area contributed by atoms with E-state index in [0.717, 1.165) is 0 Å². The highest BCUT2D eigenvalue weighted by molar-refractivity contribution is 7.91. The van der Waals surface area contributed by atoms with E-state index in [1.807, 2.05) is 0 Å². The zero-order valence-corrected chi connectivity index (χ0v) is 13.3. The first-order valence-corrected chi connectivity index (χ1v) is 8.79. The molecule has 128 valence electrons. The summed E-state index contributed by atoms with van der Waals surface area (Å²) in [6, 6.07) is 5.15. The van der Waals surface area contributed by atoms with Crippen LogP contribution in [0, 0.1) is 5.82 Å². The lowest BCUT2D eigenvalue weighted by Crippen LogP contribution is -2.43. The van der Waals surface area contributed by atoms with E-state index in [0.29, 0.717) is 31.9 Å². The summed E-state index contributed by atoms with van der Waals surface area (Å²) in [4.78, 5) is 13.5. The van der Waals surface area contributed by atoms with E-state index in [-0.39, 0.29) is 5.89 Å². The molecule has 0 bridgehead atoms. The molecule has 1 aliphatic rings. The fourth-order valence-corrected chi connectivity index (χ4v) is 3.18. The fraction of sp³-hybridized carbons (Fsp3) is 0.357. The Hall–Kier alpha value is -2.33. The second-order valence-corrected chi connectivity index (χ2v) is 7.00. The van der Waals surface area contributed by atoms with E-state index >= 15 is 0 Å². The van der Waals surface area contributed by atoms with Gasteiger partial charge in [-0.1, -0.05) is 5.10 Å². The first kappa shape index (κ1) is 16.5. The van der Waals surface area contributed by atoms with Crippen molar-refractivity contribution in [3.8, 4) is 11.5 Å². The zero-order valence-electron chi connectivity index (χ0n) is 12.5. The quantitative estimate of drug-likeness (QED) is 0.787. The Labute approximate surface area is 137 Å². The van der Waals surface area contributed by atoms with Crippen LogP contribution in [0.1, 0.15) is 0 Å². The number of halogens is 1. The molecule has 1 amide bonds. The van der Waals surface area contributed by atoms with Crippen molar-refractivity contribution < 1.29 is 26.8 Å². The van der Waals surface area contributed by atoms with Crippen molar-refractivity contribution >= 4 is 15.7 Å². The van der Waals surface area contributed by atoms with Gasteiger partial charge in [-0.15, -0.1) is 5.10 Å². The summed E-state index contributed by atoms with van der Waals surface area (Å²) >= 11 is 0. The average Bonchev–Trinajstić information content (AvgIpc) is 3.07. The molecule has 3 rings (SSSR count). The third-order valence-electron chi connectivity index (χ3n) is 3.44. The normalized spacial score (nSPS) is 15.5. The first-order chi connectivity index (χ1) is 11.5. The molecule has 1 aromatic heterocycles. The molecule has 1 fully saturated rings. The highest BCUT2D eigenvalue weighted by Gasteiger charge is 2.29. The third-order valence-corrected chi connectivity index (χ3v) is 4.77. The van der Waals surface area contributed by atoms with E-state index in [4.69, 9.17) is 9.15 Å². The van der Waals surface area contributed by atoms with Crippen molar-refractivity contribution in [2.24, 2.45) is 0 Å². The Kier molecular flexibility index (Phi) is 4.58. The van der Waals surface area contributed by atoms with Crippen molar-refractivity contribution in [2.45, 2.75) is 5.22 Å². The van der Waals surface area contributed by atoms with Crippen LogP contribution in [0.2, 0.25) is 0 Å². The van der Waals surface area contributed by atoms with Crippen molar-refractivity contribution in [2.75, 3.05) is 32.1 Å². The predicted molar refractivity (Wildman–Crippen MR) is 79.1 cm³/mol. The lowest BCUT2D eigenvalue weighted by molar-refractivity contribution is -0.132. The molecule has 0 saturated carbocycles. The molecule has 24 heavy (non-hydrogen) atoms. The molecule has 1 aliphatic heterocycles. The number of hydrogen-bond acceptors (Lipinski definition) is 7. The molecular formula is C14H14FN3O5S. The van der Waals surface area contributed by atoms with Crippen molar-refractivity contribution in [1.29, 1.82) is 0 Å². The third kappa shape index (κ3) is 3.60. The summed E-state index contributed by atoms with van der Waals surface area (Å²) in [7, 11) is -4.05. The van der Waals surface area contributed by atoms with Crippen LogP contribution in [0.25, 0.3) is 11.5 Å². The van der Waals surface area contributed by atoms with Crippen LogP contribution in [0.5, 0.6) is 0 Å². The van der Waals surface area contributed by atoms with Crippen LogP contribution in [-0.4, -0.2) is 61.5 Å². The number of nitrogens with zero attached hydrogens (tertiary/aromatic N) is 3. The largest absolute Gasteiger partial charge is 0.408 e. The SMILES string of the molecule is O=C(CS(=O)(=O)c1nnc(-c2ccc(F)cc2)o1)N1CCOCC1. The van der Waals surface area contributed by atoms with Gasteiger partial charge in [-0.3, -0.25) is 4.79 Å². The summed E-state index contributed by atoms with van der Waals surface area (Å²) < 4.78 is 47.7. The highest BCUT2D eigenvalue weighted by atomic mass is 32.2. The number of carbonyl (C=O) groups is 1. The second-order valence-electron chi connectivity index (χ2n) is 5.13. The molecule has 2 aromatic rings. The zero-order chi connectivity index (χ0) is 17.2. The minimum atomic E-state index is -4.05. The number of rotatable bonds is 4. The van der Waals surface area contributed by atoms with Gasteiger partial charge in [0.1, 0.15) is 11.6 Å². The number of aromatic nitrogens is 2. The van der Waals surface area contributed by atoms with Crippen LogP contribution in [0.15, 0.2) is 33.9 Å². The molecular weight excluding hydrogens is 341 g/mol. The van der Waals surface area contributed by atoms with Gasteiger partial charge >= 0.3 is 5.22 Å². The number of amides is 1. The summed E-state index contributed by atoms with van der Waals surface area (Å²) in [5.41, 5.74) is 0.379. The minimum Gasteiger partial charge on any atom is -0.408 e. The monoisotopic (exact) mass is 355 g/mol. The van der Waals surface area contributed by atoms with E-state index in [2.05, 4.69) is 10.2 Å². The maximum Gasteiger partial charge on any atom is 0.336 e. The highest BCUT2D eigenvalue weighted by Crippen LogP contribution is 2.20. The van der Waals surface area contributed by atoms with Gasteiger partial charge in [0.25, 0.3) is 0 Å². The number of morpholine rings is 1. The number of sulfone groups is 1. The fourth-order valence-electron chi connectivity index (χ4n) is 2.17. The molecule has 0 N–H and O–H groups in total. The van der Waals surface area contributed by atoms with Gasteiger partial charge in [-0.2, -0.15) is 0 Å². The Balaban J connectivity index is 1.75. The standard InChI is InChI=1S/C14H14FN3O5S/c15-11-3-1-10(2-4-11)13-16-17-14(23-13)24(20,21)9-12(19)18-5-7-22-8-6-18/h1-4H,5-9H2. The first-order valence-electron chi connectivity index (χ1n) is 7.13. The number of carbonyl (C=O) groups excluding carboxylic acids is 1. The van der Waals surface area contributed by atoms with Gasteiger partial charge in [-0.25, -0.2) is 12.8 Å². The topological polar surface area (TPSA) is 103 Å². The minimum absolute atomic E-state index is 0.0626. The Morgan fingerprint density at radius 1 is 1.17 bits per heavy atom. The van der Waals surface area contributed by atoms with Gasteiger partial charge in [0, 0.05) is 18.7 Å². The molecule has 0 unspecified atom stereocenters. The van der Waals surface area contributed by atoms with E-state index in [1.54, 1.807) is 0 Å². The van der Waals surface area contributed by atoms with E-state index < -0.39 is 32.5 Å². The molecule has 0 radical (unpaired) electrons. The van der Waals surface area contributed by atoms with Gasteiger partial charge < -0.3 is 14.1 Å². The molecule has 0 atom stereocenters. The van der Waals surface area contributed by atoms with E-state index in [9.17, 15) is 17.6 Å². The summed E-state index contributed by atoms with van der Waals surface area (Å²) in [6.07, 6.45) is 0. The van der Waals surface area contributed by atoms with Crippen molar-refractivity contribution in [3.05, 3.63) is 30.1 Å². The molecule has 1 saturated heterocycles. The maximum absolute atomic E-state index is 12.9. The van der Waals surface area contributed by atoms with Crippen LogP contribution in [0.4, 0.5) is 4.39 Å². The van der Waals surface area contributed by atoms with Gasteiger partial charge in [0.2, 0.25) is 21.6 Å². The van der Waals surface area contributed by atoms with Crippen LogP contribution in [-0.2, 0) is 19.4 Å². The Morgan fingerprint density at radius 2 is 1.83 bits per heavy atom. The van der Waals surface area contributed by atoms with Crippen LogP contribution < -0.4 is 0 Å². The smallest absolute Gasteiger partial charge is 0.336 e. The molecule has 2 heterocycles. The Bertz CT molecular complexity index is 828. The lowest BCUT2D eigenvalue weighted by atomic mass is 10.2. The molecule has 8 nitrogen and oxygen atoms in total. The van der Waals surface area contributed by atoms with E-state index in [1.165, 1.54) is 29.2 Å². The maximum atomic E-state index is 12.9. The summed E-state index contributed by atoms with van der Waals surface area (Å²) in [6.45, 7) is 1.44. The summed E-state index contributed by atoms with van der Waals surface area (Å²) in [5, 5.41) is 6.49. The number of benzene rings is 1. The molecule has 1 aromatic carbocycles. The second kappa shape index (κ2) is 6.65.